The minimum Gasteiger partial charge on any atom is -0.479 e. The second-order valence-electron chi connectivity index (χ2n) is 2.97. The third kappa shape index (κ3) is 1.86. The van der Waals surface area contributed by atoms with Gasteiger partial charge in [0.2, 0.25) is 0 Å². The van der Waals surface area contributed by atoms with Crippen molar-refractivity contribution in [3.8, 4) is 0 Å². The molecule has 1 aliphatic rings. The summed E-state index contributed by atoms with van der Waals surface area (Å²) in [6.07, 6.45) is -7.60. The lowest BCUT2D eigenvalue weighted by Crippen LogP contribution is -2.60. The average molecular weight is 208 g/mol. The number of aliphatic hydroxyl groups excluding tert-OH is 3. The SMILES string of the molecule is CO[C@@H]1OC(C(=O)O)[C@@H](O)[C@H](O)C1O. The van der Waals surface area contributed by atoms with Crippen LogP contribution < -0.4 is 0 Å². The van der Waals surface area contributed by atoms with E-state index in [0.717, 1.165) is 0 Å². The van der Waals surface area contributed by atoms with Crippen molar-refractivity contribution in [1.29, 1.82) is 0 Å². The van der Waals surface area contributed by atoms with E-state index >= 15 is 0 Å². The largest absolute Gasteiger partial charge is 0.479 e. The van der Waals surface area contributed by atoms with Crippen molar-refractivity contribution in [3.05, 3.63) is 0 Å². The average Bonchev–Trinajstić information content (AvgIpc) is 2.14. The molecule has 0 aromatic carbocycles. The van der Waals surface area contributed by atoms with Crippen molar-refractivity contribution < 1.29 is 34.7 Å². The minimum atomic E-state index is -1.67. The molecule has 0 saturated carbocycles. The smallest absolute Gasteiger partial charge is 0.335 e. The predicted molar refractivity (Wildman–Crippen MR) is 41.3 cm³/mol. The fourth-order valence-corrected chi connectivity index (χ4v) is 1.25. The van der Waals surface area contributed by atoms with Crippen molar-refractivity contribution in [2.24, 2.45) is 0 Å². The minimum absolute atomic E-state index is 1.19. The third-order valence-electron chi connectivity index (χ3n) is 2.05. The first kappa shape index (κ1) is 11.3. The first-order valence-corrected chi connectivity index (χ1v) is 3.94. The standard InChI is InChI=1S/C7H12O7/c1-13-7-4(10)2(8)3(9)5(14-7)6(11)12/h2-5,7-10H,1H3,(H,11,12)/t2-,3-,4?,5?,7+/m0/s1. The highest BCUT2D eigenvalue weighted by molar-refractivity contribution is 5.73. The van der Waals surface area contributed by atoms with Gasteiger partial charge in [0, 0.05) is 7.11 Å². The van der Waals surface area contributed by atoms with Crippen LogP contribution in [0.25, 0.3) is 0 Å². The van der Waals surface area contributed by atoms with E-state index in [1.54, 1.807) is 0 Å². The lowest BCUT2D eigenvalue weighted by molar-refractivity contribution is -0.287. The summed E-state index contributed by atoms with van der Waals surface area (Å²) in [6.45, 7) is 0. The van der Waals surface area contributed by atoms with Crippen LogP contribution in [0.4, 0.5) is 0 Å². The molecule has 1 fully saturated rings. The number of methoxy groups -OCH3 is 1. The van der Waals surface area contributed by atoms with Gasteiger partial charge in [-0.15, -0.1) is 0 Å². The first-order chi connectivity index (χ1) is 6.49. The number of ether oxygens (including phenoxy) is 2. The van der Waals surface area contributed by atoms with Crippen molar-refractivity contribution in [1.82, 2.24) is 0 Å². The molecule has 5 atom stereocenters. The Morgan fingerprint density at radius 1 is 1.21 bits per heavy atom. The lowest BCUT2D eigenvalue weighted by atomic mass is 9.99. The van der Waals surface area contributed by atoms with E-state index in [4.69, 9.17) is 9.84 Å². The third-order valence-corrected chi connectivity index (χ3v) is 2.05. The molecule has 0 aromatic heterocycles. The van der Waals surface area contributed by atoms with Gasteiger partial charge in [-0.2, -0.15) is 0 Å². The van der Waals surface area contributed by atoms with E-state index in [0.29, 0.717) is 0 Å². The Morgan fingerprint density at radius 2 is 1.79 bits per heavy atom. The lowest BCUT2D eigenvalue weighted by Gasteiger charge is -2.37. The number of rotatable bonds is 2. The zero-order valence-electron chi connectivity index (χ0n) is 7.40. The zero-order valence-corrected chi connectivity index (χ0v) is 7.40. The molecule has 2 unspecified atom stereocenters. The fraction of sp³-hybridized carbons (Fsp3) is 0.857. The number of aliphatic carboxylic acids is 1. The van der Waals surface area contributed by atoms with Gasteiger partial charge in [-0.3, -0.25) is 0 Å². The molecule has 7 heteroatoms. The summed E-state index contributed by atoms with van der Waals surface area (Å²) >= 11 is 0. The number of carboxylic acid groups (broad SMARTS) is 1. The normalized spacial score (nSPS) is 43.6. The number of carboxylic acids is 1. The predicted octanol–water partition coefficient (Wildman–Crippen LogP) is -2.47. The van der Waals surface area contributed by atoms with E-state index in [1.807, 2.05) is 0 Å². The molecule has 4 N–H and O–H groups in total. The van der Waals surface area contributed by atoms with E-state index in [9.17, 15) is 20.1 Å². The van der Waals surface area contributed by atoms with Crippen molar-refractivity contribution in [2.45, 2.75) is 30.7 Å². The summed E-state index contributed by atoms with van der Waals surface area (Å²) in [5.41, 5.74) is 0. The summed E-state index contributed by atoms with van der Waals surface area (Å²) in [5.74, 6) is -1.43. The quantitative estimate of drug-likeness (QED) is 0.397. The Bertz CT molecular complexity index is 216. The molecule has 1 heterocycles. The van der Waals surface area contributed by atoms with Crippen molar-refractivity contribution >= 4 is 5.97 Å². The summed E-state index contributed by atoms with van der Waals surface area (Å²) in [4.78, 5) is 10.5. The molecule has 0 amide bonds. The van der Waals surface area contributed by atoms with Gasteiger partial charge in [-0.1, -0.05) is 0 Å². The van der Waals surface area contributed by atoms with Gasteiger partial charge in [-0.25, -0.2) is 4.79 Å². The number of aliphatic hydroxyl groups is 3. The van der Waals surface area contributed by atoms with Crippen LogP contribution in [-0.2, 0) is 14.3 Å². The maximum Gasteiger partial charge on any atom is 0.335 e. The zero-order chi connectivity index (χ0) is 10.9. The molecule has 0 radical (unpaired) electrons. The number of hydrogen-bond acceptors (Lipinski definition) is 6. The van der Waals surface area contributed by atoms with Crippen LogP contribution in [0.15, 0.2) is 0 Å². The molecule has 0 bridgehead atoms. The highest BCUT2D eigenvalue weighted by atomic mass is 16.7. The molecule has 82 valence electrons. The van der Waals surface area contributed by atoms with Gasteiger partial charge in [-0.05, 0) is 0 Å². The van der Waals surface area contributed by atoms with E-state index in [1.165, 1.54) is 7.11 Å². The van der Waals surface area contributed by atoms with Gasteiger partial charge >= 0.3 is 5.97 Å². The van der Waals surface area contributed by atoms with Crippen molar-refractivity contribution in [3.63, 3.8) is 0 Å². The van der Waals surface area contributed by atoms with Gasteiger partial charge < -0.3 is 29.9 Å². The van der Waals surface area contributed by atoms with E-state index in [-0.39, 0.29) is 0 Å². The topological polar surface area (TPSA) is 116 Å². The van der Waals surface area contributed by atoms with Crippen LogP contribution in [-0.4, -0.2) is 64.2 Å². The highest BCUT2D eigenvalue weighted by Gasteiger charge is 2.46. The van der Waals surface area contributed by atoms with E-state index in [2.05, 4.69) is 4.74 Å². The second kappa shape index (κ2) is 4.20. The number of carbonyl (C=O) groups is 1. The fourth-order valence-electron chi connectivity index (χ4n) is 1.25. The van der Waals surface area contributed by atoms with Crippen LogP contribution in [0.1, 0.15) is 0 Å². The Balaban J connectivity index is 2.78. The Kier molecular flexibility index (Phi) is 3.40. The molecule has 0 aliphatic carbocycles. The van der Waals surface area contributed by atoms with Crippen molar-refractivity contribution in [2.75, 3.05) is 7.11 Å². The van der Waals surface area contributed by atoms with Gasteiger partial charge in [0.15, 0.2) is 12.4 Å². The maximum atomic E-state index is 10.5. The highest BCUT2D eigenvalue weighted by Crippen LogP contribution is 2.21. The van der Waals surface area contributed by atoms with Crippen LogP contribution >= 0.6 is 0 Å². The van der Waals surface area contributed by atoms with Crippen LogP contribution in [0.5, 0.6) is 0 Å². The molecule has 0 spiro atoms. The Morgan fingerprint density at radius 3 is 2.21 bits per heavy atom. The molecule has 14 heavy (non-hydrogen) atoms. The molecule has 1 rings (SSSR count). The molecular weight excluding hydrogens is 196 g/mol. The molecule has 7 nitrogen and oxygen atoms in total. The van der Waals surface area contributed by atoms with Gasteiger partial charge in [0.25, 0.3) is 0 Å². The second-order valence-corrected chi connectivity index (χ2v) is 2.97. The molecular formula is C7H12O7. The maximum absolute atomic E-state index is 10.5. The number of hydrogen-bond donors (Lipinski definition) is 4. The van der Waals surface area contributed by atoms with Crippen LogP contribution in [0.2, 0.25) is 0 Å². The monoisotopic (exact) mass is 208 g/mol. The Hall–Kier alpha value is -0.730. The van der Waals surface area contributed by atoms with E-state index < -0.39 is 36.7 Å². The summed E-state index contributed by atoms with van der Waals surface area (Å²) in [5, 5.41) is 36.3. The summed E-state index contributed by atoms with van der Waals surface area (Å²) in [6, 6.07) is 0. The van der Waals surface area contributed by atoms with Crippen LogP contribution in [0, 0.1) is 0 Å². The molecule has 1 saturated heterocycles. The van der Waals surface area contributed by atoms with Gasteiger partial charge in [0.1, 0.15) is 18.3 Å². The summed E-state index contributed by atoms with van der Waals surface area (Å²) < 4.78 is 9.31. The van der Waals surface area contributed by atoms with Crippen LogP contribution in [0.3, 0.4) is 0 Å². The Labute approximate surface area is 79.5 Å². The first-order valence-electron chi connectivity index (χ1n) is 3.94. The van der Waals surface area contributed by atoms with Gasteiger partial charge in [0.05, 0.1) is 0 Å². The molecule has 1 aliphatic heterocycles. The summed E-state index contributed by atoms with van der Waals surface area (Å²) in [7, 11) is 1.19. The molecule has 0 aromatic rings.